The zero-order chi connectivity index (χ0) is 14.8. The summed E-state index contributed by atoms with van der Waals surface area (Å²) in [5.74, 6) is -0.404. The van der Waals surface area contributed by atoms with Gasteiger partial charge in [-0.2, -0.15) is 0 Å². The lowest BCUT2D eigenvalue weighted by Crippen LogP contribution is -2.47. The van der Waals surface area contributed by atoms with Gasteiger partial charge in [0.25, 0.3) is 11.6 Å². The molecule has 0 spiro atoms. The minimum absolute atomic E-state index is 0.0137. The second kappa shape index (κ2) is 5.54. The van der Waals surface area contributed by atoms with Gasteiger partial charge in [-0.1, -0.05) is 11.6 Å². The number of amides is 1. The molecule has 1 N–H and O–H groups in total. The summed E-state index contributed by atoms with van der Waals surface area (Å²) in [7, 11) is 1.54. The molecular weight excluding hydrogens is 272 g/mol. The van der Waals surface area contributed by atoms with Crippen molar-refractivity contribution < 1.29 is 14.8 Å². The Hall–Kier alpha value is -1.66. The predicted octanol–water partition coefficient (Wildman–Crippen LogP) is 2.09. The monoisotopic (exact) mass is 286 g/mol. The number of aliphatic hydroxyl groups excluding tert-OH is 1. The number of carbonyl (C=O) groups excluding carboxylic acids is 1. The lowest BCUT2D eigenvalue weighted by molar-refractivity contribution is -0.384. The van der Waals surface area contributed by atoms with Crippen molar-refractivity contribution in [2.75, 3.05) is 13.7 Å². The Balaban J connectivity index is 3.11. The first-order chi connectivity index (χ1) is 8.70. The zero-order valence-electron chi connectivity index (χ0n) is 10.9. The molecule has 0 atom stereocenters. The number of nitro groups is 1. The summed E-state index contributed by atoms with van der Waals surface area (Å²) in [6.45, 7) is 3.19. The van der Waals surface area contributed by atoms with Gasteiger partial charge in [-0.25, -0.2) is 0 Å². The van der Waals surface area contributed by atoms with Crippen LogP contribution in [-0.2, 0) is 0 Å². The number of carbonyl (C=O) groups is 1. The second-order valence-electron chi connectivity index (χ2n) is 4.76. The van der Waals surface area contributed by atoms with Crippen LogP contribution in [0.25, 0.3) is 0 Å². The minimum atomic E-state index is -0.748. The van der Waals surface area contributed by atoms with E-state index in [9.17, 15) is 20.0 Å². The van der Waals surface area contributed by atoms with Crippen LogP contribution in [0.3, 0.4) is 0 Å². The molecule has 0 heterocycles. The highest BCUT2D eigenvalue weighted by Gasteiger charge is 2.29. The van der Waals surface area contributed by atoms with E-state index in [0.717, 1.165) is 6.07 Å². The maximum absolute atomic E-state index is 12.2. The average molecular weight is 287 g/mol. The highest BCUT2D eigenvalue weighted by atomic mass is 35.5. The smallest absolute Gasteiger partial charge is 0.270 e. The van der Waals surface area contributed by atoms with Gasteiger partial charge in [0.2, 0.25) is 0 Å². The molecule has 0 saturated heterocycles. The Morgan fingerprint density at radius 1 is 1.53 bits per heavy atom. The summed E-state index contributed by atoms with van der Waals surface area (Å²) in [5.41, 5.74) is -0.760. The fourth-order valence-electron chi connectivity index (χ4n) is 1.35. The number of rotatable bonds is 4. The van der Waals surface area contributed by atoms with Crippen LogP contribution >= 0.6 is 11.6 Å². The third kappa shape index (κ3) is 3.21. The third-order valence-corrected chi connectivity index (χ3v) is 3.31. The Kier molecular flexibility index (Phi) is 4.49. The molecule has 1 rings (SSSR count). The lowest BCUT2D eigenvalue weighted by atomic mass is 10.0. The molecular formula is C12H15ClN2O4. The van der Waals surface area contributed by atoms with Crippen molar-refractivity contribution in [3.05, 3.63) is 38.9 Å². The molecule has 0 aliphatic rings. The molecule has 0 aliphatic carbocycles. The fourth-order valence-corrected chi connectivity index (χ4v) is 1.61. The first kappa shape index (κ1) is 15.4. The van der Waals surface area contributed by atoms with Crippen molar-refractivity contribution in [3.8, 4) is 0 Å². The quantitative estimate of drug-likeness (QED) is 0.678. The number of benzene rings is 1. The highest BCUT2D eigenvalue weighted by molar-refractivity contribution is 6.34. The van der Waals surface area contributed by atoms with E-state index in [0.29, 0.717) is 0 Å². The van der Waals surface area contributed by atoms with Crippen molar-refractivity contribution in [3.63, 3.8) is 0 Å². The van der Waals surface area contributed by atoms with Gasteiger partial charge in [-0.15, -0.1) is 0 Å². The Labute approximate surface area is 115 Å². The molecule has 0 bridgehead atoms. The highest BCUT2D eigenvalue weighted by Crippen LogP contribution is 2.25. The number of nitrogens with zero attached hydrogens (tertiary/aromatic N) is 2. The Bertz CT molecular complexity index is 516. The largest absolute Gasteiger partial charge is 0.394 e. The predicted molar refractivity (Wildman–Crippen MR) is 71.4 cm³/mol. The van der Waals surface area contributed by atoms with Gasteiger partial charge in [-0.3, -0.25) is 14.9 Å². The molecule has 0 radical (unpaired) electrons. The Morgan fingerprint density at radius 2 is 2.11 bits per heavy atom. The molecule has 19 heavy (non-hydrogen) atoms. The van der Waals surface area contributed by atoms with Crippen LogP contribution in [0.2, 0.25) is 5.02 Å². The summed E-state index contributed by atoms with van der Waals surface area (Å²) in [6.07, 6.45) is 0. The molecule has 0 fully saturated rings. The van der Waals surface area contributed by atoms with Crippen molar-refractivity contribution in [1.29, 1.82) is 0 Å². The minimum Gasteiger partial charge on any atom is -0.394 e. The fraction of sp³-hybridized carbons (Fsp3) is 0.417. The number of halogens is 1. The van der Waals surface area contributed by atoms with E-state index in [-0.39, 0.29) is 22.9 Å². The van der Waals surface area contributed by atoms with Crippen molar-refractivity contribution >= 4 is 23.2 Å². The van der Waals surface area contributed by atoms with Crippen LogP contribution in [0.4, 0.5) is 5.69 Å². The topological polar surface area (TPSA) is 83.7 Å². The summed E-state index contributed by atoms with van der Waals surface area (Å²) < 4.78 is 0. The second-order valence-corrected chi connectivity index (χ2v) is 5.16. The summed E-state index contributed by atoms with van der Waals surface area (Å²) in [5, 5.41) is 19.8. The molecule has 104 valence electrons. The number of aliphatic hydroxyl groups is 1. The molecule has 0 saturated carbocycles. The van der Waals surface area contributed by atoms with Gasteiger partial charge in [0.15, 0.2) is 0 Å². The number of hydrogen-bond donors (Lipinski definition) is 1. The third-order valence-electron chi connectivity index (χ3n) is 2.99. The average Bonchev–Trinajstić information content (AvgIpc) is 2.36. The van der Waals surface area contributed by atoms with Crippen LogP contribution in [0.15, 0.2) is 18.2 Å². The standard InChI is InChI=1S/C12H15ClN2O4/c1-12(2,7-16)14(3)11(17)9-5-4-8(15(18)19)6-10(9)13/h4-6,16H,7H2,1-3H3. The van der Waals surface area contributed by atoms with Gasteiger partial charge >= 0.3 is 0 Å². The SMILES string of the molecule is CN(C(=O)c1ccc([N+](=O)[O-])cc1Cl)C(C)(C)CO. The maximum Gasteiger partial charge on any atom is 0.270 e. The molecule has 7 heteroatoms. The molecule has 6 nitrogen and oxygen atoms in total. The van der Waals surface area contributed by atoms with E-state index in [1.54, 1.807) is 13.8 Å². The number of likely N-dealkylation sites (N-methyl/N-ethyl adjacent to an activating group) is 1. The number of hydrogen-bond acceptors (Lipinski definition) is 4. The Morgan fingerprint density at radius 3 is 2.53 bits per heavy atom. The summed E-state index contributed by atoms with van der Waals surface area (Å²) >= 11 is 5.89. The van der Waals surface area contributed by atoms with E-state index < -0.39 is 16.4 Å². The van der Waals surface area contributed by atoms with Crippen LogP contribution in [-0.4, -0.2) is 40.0 Å². The van der Waals surface area contributed by atoms with E-state index >= 15 is 0 Å². The van der Waals surface area contributed by atoms with Crippen molar-refractivity contribution in [1.82, 2.24) is 4.90 Å². The summed E-state index contributed by atoms with van der Waals surface area (Å²) in [6, 6.07) is 3.67. The first-order valence-electron chi connectivity index (χ1n) is 5.53. The molecule has 0 aromatic heterocycles. The van der Waals surface area contributed by atoms with Gasteiger partial charge in [-0.05, 0) is 19.9 Å². The molecule has 1 amide bonds. The van der Waals surface area contributed by atoms with Gasteiger partial charge < -0.3 is 10.0 Å². The van der Waals surface area contributed by atoms with Gasteiger partial charge in [0.05, 0.1) is 27.7 Å². The van der Waals surface area contributed by atoms with E-state index in [4.69, 9.17) is 11.6 Å². The maximum atomic E-state index is 12.2. The lowest BCUT2D eigenvalue weighted by Gasteiger charge is -2.34. The molecule has 0 unspecified atom stereocenters. The normalized spacial score (nSPS) is 11.2. The molecule has 0 aliphatic heterocycles. The van der Waals surface area contributed by atoms with E-state index in [1.165, 1.54) is 24.1 Å². The molecule has 1 aromatic carbocycles. The zero-order valence-corrected chi connectivity index (χ0v) is 11.6. The van der Waals surface area contributed by atoms with Gasteiger partial charge in [0.1, 0.15) is 0 Å². The molecule has 1 aromatic rings. The number of nitro benzene ring substituents is 1. The van der Waals surface area contributed by atoms with E-state index in [1.807, 2.05) is 0 Å². The van der Waals surface area contributed by atoms with Crippen molar-refractivity contribution in [2.45, 2.75) is 19.4 Å². The van der Waals surface area contributed by atoms with Crippen molar-refractivity contribution in [2.24, 2.45) is 0 Å². The number of non-ortho nitro benzene ring substituents is 1. The van der Waals surface area contributed by atoms with Crippen LogP contribution < -0.4 is 0 Å². The van der Waals surface area contributed by atoms with E-state index in [2.05, 4.69) is 0 Å². The van der Waals surface area contributed by atoms with Crippen LogP contribution in [0, 0.1) is 10.1 Å². The summed E-state index contributed by atoms with van der Waals surface area (Å²) in [4.78, 5) is 23.6. The first-order valence-corrected chi connectivity index (χ1v) is 5.91. The van der Waals surface area contributed by atoms with Crippen LogP contribution in [0.1, 0.15) is 24.2 Å². The van der Waals surface area contributed by atoms with Gasteiger partial charge in [0, 0.05) is 19.2 Å². The van der Waals surface area contributed by atoms with Crippen LogP contribution in [0.5, 0.6) is 0 Å².